The molecule has 0 aliphatic rings. The van der Waals surface area contributed by atoms with Crippen molar-refractivity contribution >= 4 is 39.0 Å². The van der Waals surface area contributed by atoms with Gasteiger partial charge in [-0.1, -0.05) is 6.07 Å². The molecule has 0 radical (unpaired) electrons. The van der Waals surface area contributed by atoms with Gasteiger partial charge in [0.15, 0.2) is 0 Å². The van der Waals surface area contributed by atoms with Crippen LogP contribution in [0.2, 0.25) is 0 Å². The molecule has 0 unspecified atom stereocenters. The Hall–Kier alpha value is -0.290. The van der Waals surface area contributed by atoms with Crippen LogP contribution in [0.3, 0.4) is 0 Å². The van der Waals surface area contributed by atoms with Crippen molar-refractivity contribution in [1.82, 2.24) is 5.32 Å². The fourth-order valence-electron chi connectivity index (χ4n) is 1.70. The van der Waals surface area contributed by atoms with Crippen LogP contribution in [0.25, 0.3) is 0 Å². The molecule has 1 N–H and O–H groups in total. The molecular formula is C15H18BrNS2. The molecule has 1 aromatic carbocycles. The zero-order valence-corrected chi connectivity index (χ0v) is 14.4. The highest BCUT2D eigenvalue weighted by molar-refractivity contribution is 9.10. The van der Waals surface area contributed by atoms with Crippen LogP contribution >= 0.6 is 39.0 Å². The van der Waals surface area contributed by atoms with E-state index in [-0.39, 0.29) is 0 Å². The first-order valence-corrected chi connectivity index (χ1v) is 8.94. The summed E-state index contributed by atoms with van der Waals surface area (Å²) in [4.78, 5) is 2.74. The number of hydrogen-bond acceptors (Lipinski definition) is 3. The SMILES string of the molecule is Cc1ccc(SCCNCc2cc(Br)cs2)cc1C. The summed E-state index contributed by atoms with van der Waals surface area (Å²) in [5.41, 5.74) is 2.74. The highest BCUT2D eigenvalue weighted by Crippen LogP contribution is 2.21. The van der Waals surface area contributed by atoms with Gasteiger partial charge in [-0.05, 0) is 59.1 Å². The van der Waals surface area contributed by atoms with Gasteiger partial charge >= 0.3 is 0 Å². The third kappa shape index (κ3) is 4.95. The molecular weight excluding hydrogens is 338 g/mol. The van der Waals surface area contributed by atoms with Crippen LogP contribution in [-0.4, -0.2) is 12.3 Å². The summed E-state index contributed by atoms with van der Waals surface area (Å²) in [6.07, 6.45) is 0. The average molecular weight is 356 g/mol. The van der Waals surface area contributed by atoms with E-state index in [0.717, 1.165) is 18.8 Å². The lowest BCUT2D eigenvalue weighted by molar-refractivity contribution is 0.741. The first-order valence-electron chi connectivity index (χ1n) is 6.29. The second-order valence-electron chi connectivity index (χ2n) is 4.50. The Labute approximate surface area is 131 Å². The maximum atomic E-state index is 3.48. The maximum Gasteiger partial charge on any atom is 0.0300 e. The van der Waals surface area contributed by atoms with Gasteiger partial charge in [0.2, 0.25) is 0 Å². The number of benzene rings is 1. The molecule has 0 saturated carbocycles. The molecule has 0 bridgehead atoms. The monoisotopic (exact) mass is 355 g/mol. The molecule has 1 aromatic heterocycles. The number of hydrogen-bond donors (Lipinski definition) is 1. The van der Waals surface area contributed by atoms with Crippen molar-refractivity contribution < 1.29 is 0 Å². The number of aryl methyl sites for hydroxylation is 2. The zero-order valence-electron chi connectivity index (χ0n) is 11.2. The van der Waals surface area contributed by atoms with E-state index in [0.29, 0.717) is 0 Å². The summed E-state index contributed by atoms with van der Waals surface area (Å²) in [6.45, 7) is 6.33. The fraction of sp³-hybridized carbons (Fsp3) is 0.333. The smallest absolute Gasteiger partial charge is 0.0300 e. The summed E-state index contributed by atoms with van der Waals surface area (Å²) in [6, 6.07) is 8.86. The van der Waals surface area contributed by atoms with Crippen LogP contribution in [0.1, 0.15) is 16.0 Å². The third-order valence-electron chi connectivity index (χ3n) is 2.95. The predicted molar refractivity (Wildman–Crippen MR) is 90.4 cm³/mol. The third-order valence-corrected chi connectivity index (χ3v) is 5.64. The Morgan fingerprint density at radius 3 is 2.74 bits per heavy atom. The van der Waals surface area contributed by atoms with E-state index in [1.165, 1.54) is 25.4 Å². The van der Waals surface area contributed by atoms with Crippen molar-refractivity contribution in [2.45, 2.75) is 25.3 Å². The average Bonchev–Trinajstić information content (AvgIpc) is 2.79. The number of thiophene rings is 1. The number of halogens is 1. The van der Waals surface area contributed by atoms with Crippen molar-refractivity contribution in [2.75, 3.05) is 12.3 Å². The van der Waals surface area contributed by atoms with Crippen LogP contribution in [0, 0.1) is 13.8 Å². The van der Waals surface area contributed by atoms with E-state index < -0.39 is 0 Å². The van der Waals surface area contributed by atoms with Crippen molar-refractivity contribution in [1.29, 1.82) is 0 Å². The molecule has 0 aliphatic heterocycles. The molecule has 0 fully saturated rings. The Morgan fingerprint density at radius 1 is 1.21 bits per heavy atom. The topological polar surface area (TPSA) is 12.0 Å². The predicted octanol–water partition coefficient (Wildman–Crippen LogP) is 5.01. The van der Waals surface area contributed by atoms with Gasteiger partial charge in [-0.3, -0.25) is 0 Å². The highest BCUT2D eigenvalue weighted by Gasteiger charge is 1.99. The normalized spacial score (nSPS) is 10.9. The largest absolute Gasteiger partial charge is 0.311 e. The fourth-order valence-corrected chi connectivity index (χ4v) is 4.03. The molecule has 1 nitrogen and oxygen atoms in total. The van der Waals surface area contributed by atoms with Gasteiger partial charge in [0.05, 0.1) is 0 Å². The van der Waals surface area contributed by atoms with Gasteiger partial charge in [-0.15, -0.1) is 23.1 Å². The molecule has 2 aromatic rings. The second kappa shape index (κ2) is 7.48. The van der Waals surface area contributed by atoms with Crippen molar-refractivity contribution in [2.24, 2.45) is 0 Å². The molecule has 0 spiro atoms. The van der Waals surface area contributed by atoms with E-state index in [9.17, 15) is 0 Å². The summed E-state index contributed by atoms with van der Waals surface area (Å²) >= 11 is 7.18. The quantitative estimate of drug-likeness (QED) is 0.577. The second-order valence-corrected chi connectivity index (χ2v) is 7.58. The van der Waals surface area contributed by atoms with E-state index in [2.05, 4.69) is 64.7 Å². The minimum Gasteiger partial charge on any atom is -0.311 e. The molecule has 0 amide bonds. The van der Waals surface area contributed by atoms with Gasteiger partial charge in [-0.25, -0.2) is 0 Å². The Kier molecular flexibility index (Phi) is 5.95. The van der Waals surface area contributed by atoms with Crippen molar-refractivity contribution in [3.63, 3.8) is 0 Å². The van der Waals surface area contributed by atoms with Crippen LogP contribution in [-0.2, 0) is 6.54 Å². The first-order chi connectivity index (χ1) is 9.15. The first kappa shape index (κ1) is 15.1. The lowest BCUT2D eigenvalue weighted by Gasteiger charge is -2.06. The van der Waals surface area contributed by atoms with E-state index in [4.69, 9.17) is 0 Å². The molecule has 2 rings (SSSR count). The summed E-state index contributed by atoms with van der Waals surface area (Å²) in [5, 5.41) is 5.61. The molecule has 19 heavy (non-hydrogen) atoms. The Morgan fingerprint density at radius 2 is 2.05 bits per heavy atom. The van der Waals surface area contributed by atoms with Gasteiger partial charge in [0.25, 0.3) is 0 Å². The zero-order chi connectivity index (χ0) is 13.7. The lowest BCUT2D eigenvalue weighted by atomic mass is 10.1. The molecule has 102 valence electrons. The molecule has 0 aliphatic carbocycles. The van der Waals surface area contributed by atoms with Gasteiger partial charge < -0.3 is 5.32 Å². The minimum absolute atomic E-state index is 0.962. The van der Waals surface area contributed by atoms with E-state index in [1.54, 1.807) is 11.3 Å². The van der Waals surface area contributed by atoms with E-state index in [1.807, 2.05) is 11.8 Å². The number of thioether (sulfide) groups is 1. The van der Waals surface area contributed by atoms with Crippen LogP contribution < -0.4 is 5.32 Å². The van der Waals surface area contributed by atoms with Gasteiger partial charge in [0, 0.05) is 38.5 Å². The number of nitrogens with one attached hydrogen (secondary N) is 1. The highest BCUT2D eigenvalue weighted by atomic mass is 79.9. The lowest BCUT2D eigenvalue weighted by Crippen LogP contribution is -2.15. The molecule has 0 saturated heterocycles. The summed E-state index contributed by atoms with van der Waals surface area (Å²) in [5.74, 6) is 1.11. The maximum absolute atomic E-state index is 3.48. The van der Waals surface area contributed by atoms with Gasteiger partial charge in [0.1, 0.15) is 0 Å². The summed E-state index contributed by atoms with van der Waals surface area (Å²) < 4.78 is 1.18. The van der Waals surface area contributed by atoms with Crippen molar-refractivity contribution in [3.8, 4) is 0 Å². The van der Waals surface area contributed by atoms with Crippen molar-refractivity contribution in [3.05, 3.63) is 50.1 Å². The minimum atomic E-state index is 0.962. The van der Waals surface area contributed by atoms with E-state index >= 15 is 0 Å². The number of rotatable bonds is 6. The molecule has 0 atom stereocenters. The summed E-state index contributed by atoms with van der Waals surface area (Å²) in [7, 11) is 0. The van der Waals surface area contributed by atoms with Gasteiger partial charge in [-0.2, -0.15) is 0 Å². The van der Waals surface area contributed by atoms with Crippen LogP contribution in [0.15, 0.2) is 39.0 Å². The standard InChI is InChI=1S/C15H18BrNS2/c1-11-3-4-14(7-12(11)2)18-6-5-17-9-15-8-13(16)10-19-15/h3-4,7-8,10,17H,5-6,9H2,1-2H3. The molecule has 4 heteroatoms. The van der Waals surface area contributed by atoms with Crippen LogP contribution in [0.4, 0.5) is 0 Å². The van der Waals surface area contributed by atoms with Crippen LogP contribution in [0.5, 0.6) is 0 Å². The molecule has 1 heterocycles. The Balaban J connectivity index is 1.67. The Bertz CT molecular complexity index is 537.